The van der Waals surface area contributed by atoms with Crippen molar-refractivity contribution in [3.8, 4) is 0 Å². The normalized spacial score (nSPS) is 13.2. The molecule has 164 valence electrons. The third kappa shape index (κ3) is 5.95. The number of carbonyl (C=O) groups excluding carboxylic acids is 1. The lowest BCUT2D eigenvalue weighted by atomic mass is 10.2. The van der Waals surface area contributed by atoms with E-state index in [0.717, 1.165) is 28.7 Å². The van der Waals surface area contributed by atoms with Gasteiger partial charge in [0.2, 0.25) is 5.91 Å². The number of anilines is 1. The van der Waals surface area contributed by atoms with Crippen molar-refractivity contribution in [3.05, 3.63) is 71.5 Å². The van der Waals surface area contributed by atoms with Crippen molar-refractivity contribution >= 4 is 23.4 Å². The van der Waals surface area contributed by atoms with Gasteiger partial charge < -0.3 is 9.88 Å². The van der Waals surface area contributed by atoms with Crippen molar-refractivity contribution in [2.75, 3.05) is 19.4 Å². The van der Waals surface area contributed by atoms with Gasteiger partial charge in [-0.15, -0.1) is 10.2 Å². The summed E-state index contributed by atoms with van der Waals surface area (Å²) in [7, 11) is 4.11. The van der Waals surface area contributed by atoms with E-state index in [1.54, 1.807) is 0 Å². The first-order chi connectivity index (χ1) is 14.9. The lowest BCUT2D eigenvalue weighted by molar-refractivity contribution is -0.115. The second-order valence-corrected chi connectivity index (χ2v) is 9.22. The van der Waals surface area contributed by atoms with Crippen LogP contribution < -0.4 is 5.32 Å². The van der Waals surface area contributed by atoms with Crippen LogP contribution in [0.1, 0.15) is 43.3 Å². The minimum atomic E-state index is -0.313. The largest absolute Gasteiger partial charge is 0.325 e. The molecule has 0 aliphatic rings. The second kappa shape index (κ2) is 10.6. The van der Waals surface area contributed by atoms with Crippen LogP contribution in [0.5, 0.6) is 0 Å². The molecule has 3 aromatic rings. The fourth-order valence-corrected chi connectivity index (χ4v) is 4.27. The average molecular weight is 438 g/mol. The molecule has 3 rings (SSSR count). The maximum absolute atomic E-state index is 12.8. The zero-order valence-electron chi connectivity index (χ0n) is 18.9. The van der Waals surface area contributed by atoms with Crippen LogP contribution in [0.15, 0.2) is 59.8 Å². The van der Waals surface area contributed by atoms with Crippen molar-refractivity contribution in [1.82, 2.24) is 19.7 Å². The highest BCUT2D eigenvalue weighted by atomic mass is 32.2. The van der Waals surface area contributed by atoms with Gasteiger partial charge in [0.05, 0.1) is 17.8 Å². The van der Waals surface area contributed by atoms with Gasteiger partial charge in [-0.2, -0.15) is 0 Å². The summed E-state index contributed by atoms with van der Waals surface area (Å²) in [6, 6.07) is 18.3. The maximum Gasteiger partial charge on any atom is 0.237 e. The molecule has 1 aromatic heterocycles. The molecule has 0 bridgehead atoms. The summed E-state index contributed by atoms with van der Waals surface area (Å²) in [5.41, 5.74) is 3.14. The van der Waals surface area contributed by atoms with Gasteiger partial charge in [-0.1, -0.05) is 66.7 Å². The number of aromatic nitrogens is 3. The third-order valence-corrected chi connectivity index (χ3v) is 6.29. The lowest BCUT2D eigenvalue weighted by Crippen LogP contribution is -2.25. The molecular formula is C24H31N5OS. The Balaban J connectivity index is 1.82. The zero-order valence-corrected chi connectivity index (χ0v) is 19.7. The summed E-state index contributed by atoms with van der Waals surface area (Å²) in [5, 5.41) is 12.4. The fraction of sp³-hybridized carbons (Fsp3) is 0.375. The predicted molar refractivity (Wildman–Crippen MR) is 127 cm³/mol. The van der Waals surface area contributed by atoms with Gasteiger partial charge in [0, 0.05) is 5.69 Å². The number of benzene rings is 2. The Bertz CT molecular complexity index is 985. The molecule has 7 heteroatoms. The Labute approximate surface area is 189 Å². The first-order valence-electron chi connectivity index (χ1n) is 10.6. The lowest BCUT2D eigenvalue weighted by Gasteiger charge is -2.23. The standard InChI is InChI=1S/C24H31N5OS/c1-6-21(28(4)5)22-26-27-24(29(22)16-19-10-8-7-9-11-19)31-18(3)23(30)25-20-14-12-17(2)13-15-20/h7-15,18,21H,6,16H2,1-5H3,(H,25,30). The zero-order chi connectivity index (χ0) is 22.4. The van der Waals surface area contributed by atoms with E-state index in [4.69, 9.17) is 0 Å². The van der Waals surface area contributed by atoms with Crippen LogP contribution in [0, 0.1) is 6.92 Å². The van der Waals surface area contributed by atoms with Crippen LogP contribution in [0.3, 0.4) is 0 Å². The van der Waals surface area contributed by atoms with E-state index < -0.39 is 0 Å². The molecule has 2 unspecified atom stereocenters. The van der Waals surface area contributed by atoms with E-state index in [2.05, 4.69) is 58.1 Å². The average Bonchev–Trinajstić information content (AvgIpc) is 3.12. The molecule has 2 atom stereocenters. The number of amides is 1. The Morgan fingerprint density at radius 2 is 1.77 bits per heavy atom. The number of hydrogen-bond donors (Lipinski definition) is 1. The third-order valence-electron chi connectivity index (χ3n) is 5.21. The van der Waals surface area contributed by atoms with E-state index >= 15 is 0 Å². The number of thioether (sulfide) groups is 1. The number of nitrogens with zero attached hydrogens (tertiary/aromatic N) is 4. The number of aryl methyl sites for hydroxylation is 1. The molecule has 0 saturated carbocycles. The molecule has 0 fully saturated rings. The van der Waals surface area contributed by atoms with Crippen LogP contribution in [-0.2, 0) is 11.3 Å². The smallest absolute Gasteiger partial charge is 0.237 e. The van der Waals surface area contributed by atoms with Crippen LogP contribution in [0.4, 0.5) is 5.69 Å². The SMILES string of the molecule is CCC(c1nnc(SC(C)C(=O)Nc2ccc(C)cc2)n1Cc1ccccc1)N(C)C. The van der Waals surface area contributed by atoms with Gasteiger partial charge in [-0.05, 0) is 52.1 Å². The van der Waals surface area contributed by atoms with Crippen molar-refractivity contribution in [1.29, 1.82) is 0 Å². The van der Waals surface area contributed by atoms with Gasteiger partial charge in [-0.25, -0.2) is 0 Å². The number of hydrogen-bond acceptors (Lipinski definition) is 5. The number of rotatable bonds is 9. The van der Waals surface area contributed by atoms with Gasteiger partial charge in [-0.3, -0.25) is 9.69 Å². The molecule has 0 aliphatic carbocycles. The highest BCUT2D eigenvalue weighted by molar-refractivity contribution is 8.00. The summed E-state index contributed by atoms with van der Waals surface area (Å²) >= 11 is 1.44. The molecule has 1 amide bonds. The van der Waals surface area contributed by atoms with E-state index in [-0.39, 0.29) is 17.2 Å². The summed E-state index contributed by atoms with van der Waals surface area (Å²) in [4.78, 5) is 14.9. The quantitative estimate of drug-likeness (QED) is 0.489. The molecule has 6 nitrogen and oxygen atoms in total. The van der Waals surface area contributed by atoms with E-state index in [0.29, 0.717) is 6.54 Å². The molecule has 2 aromatic carbocycles. The Morgan fingerprint density at radius 3 is 2.39 bits per heavy atom. The predicted octanol–water partition coefficient (Wildman–Crippen LogP) is 4.77. The van der Waals surface area contributed by atoms with Crippen LogP contribution in [0.2, 0.25) is 0 Å². The van der Waals surface area contributed by atoms with Crippen LogP contribution >= 0.6 is 11.8 Å². The van der Waals surface area contributed by atoms with Crippen molar-refractivity contribution in [2.24, 2.45) is 0 Å². The van der Waals surface area contributed by atoms with E-state index in [9.17, 15) is 4.79 Å². The van der Waals surface area contributed by atoms with Gasteiger partial charge in [0.1, 0.15) is 0 Å². The van der Waals surface area contributed by atoms with Crippen molar-refractivity contribution in [3.63, 3.8) is 0 Å². The molecule has 1 N–H and O–H groups in total. The summed E-state index contributed by atoms with van der Waals surface area (Å²) in [6.07, 6.45) is 0.925. The first kappa shape index (κ1) is 23.0. The second-order valence-electron chi connectivity index (χ2n) is 7.92. The minimum absolute atomic E-state index is 0.0516. The topological polar surface area (TPSA) is 63.1 Å². The summed E-state index contributed by atoms with van der Waals surface area (Å²) in [6.45, 7) is 6.75. The Hall–Kier alpha value is -2.64. The van der Waals surface area contributed by atoms with E-state index in [1.165, 1.54) is 17.3 Å². The van der Waals surface area contributed by atoms with Gasteiger partial charge in [0.25, 0.3) is 0 Å². The fourth-order valence-electron chi connectivity index (χ4n) is 3.42. The van der Waals surface area contributed by atoms with Crippen LogP contribution in [0.25, 0.3) is 0 Å². The van der Waals surface area contributed by atoms with Crippen molar-refractivity contribution < 1.29 is 4.79 Å². The Morgan fingerprint density at radius 1 is 1.10 bits per heavy atom. The molecule has 0 radical (unpaired) electrons. The molecule has 0 aliphatic heterocycles. The Kier molecular flexibility index (Phi) is 7.87. The molecular weight excluding hydrogens is 406 g/mol. The molecule has 1 heterocycles. The van der Waals surface area contributed by atoms with Crippen molar-refractivity contribution in [2.45, 2.75) is 50.2 Å². The summed E-state index contributed by atoms with van der Waals surface area (Å²) < 4.78 is 2.14. The first-order valence-corrected chi connectivity index (χ1v) is 11.4. The highest BCUT2D eigenvalue weighted by Gasteiger charge is 2.25. The number of nitrogens with one attached hydrogen (secondary N) is 1. The maximum atomic E-state index is 12.8. The van der Waals surface area contributed by atoms with Gasteiger partial charge >= 0.3 is 0 Å². The van der Waals surface area contributed by atoms with Gasteiger partial charge in [0.15, 0.2) is 11.0 Å². The molecule has 31 heavy (non-hydrogen) atoms. The van der Waals surface area contributed by atoms with Crippen LogP contribution in [-0.4, -0.2) is 44.9 Å². The highest BCUT2D eigenvalue weighted by Crippen LogP contribution is 2.29. The molecule has 0 spiro atoms. The molecule has 0 saturated heterocycles. The minimum Gasteiger partial charge on any atom is -0.325 e. The monoisotopic (exact) mass is 437 g/mol. The number of carbonyl (C=O) groups is 1. The van der Waals surface area contributed by atoms with E-state index in [1.807, 2.05) is 56.3 Å². The summed E-state index contributed by atoms with van der Waals surface area (Å²) in [5.74, 6) is 0.870.